The van der Waals surface area contributed by atoms with Crippen LogP contribution in [0.5, 0.6) is 0 Å². The van der Waals surface area contributed by atoms with Gasteiger partial charge in [0.15, 0.2) is 0 Å². The summed E-state index contributed by atoms with van der Waals surface area (Å²) in [5.74, 6) is 0. The lowest BCUT2D eigenvalue weighted by molar-refractivity contribution is 0.395. The molecular formula is C18H20N4O2S. The number of sulfonamides is 1. The molecular weight excluding hydrogens is 336 g/mol. The van der Waals surface area contributed by atoms with Gasteiger partial charge in [-0.25, -0.2) is 18.2 Å². The first-order valence-corrected chi connectivity index (χ1v) is 9.31. The van der Waals surface area contributed by atoms with E-state index in [1.54, 1.807) is 12.1 Å². The second kappa shape index (κ2) is 6.79. The van der Waals surface area contributed by atoms with Crippen molar-refractivity contribution in [3.05, 3.63) is 66.4 Å². The summed E-state index contributed by atoms with van der Waals surface area (Å²) in [7, 11) is 0.265. The highest BCUT2D eigenvalue weighted by Crippen LogP contribution is 2.25. The second-order valence-corrected chi connectivity index (χ2v) is 7.64. The molecule has 3 aromatic rings. The molecule has 0 unspecified atom stereocenters. The Morgan fingerprint density at radius 3 is 2.24 bits per heavy atom. The molecule has 0 amide bonds. The van der Waals surface area contributed by atoms with Crippen LogP contribution in [0, 0.1) is 0 Å². The Bertz CT molecular complexity index is 962. The van der Waals surface area contributed by atoms with E-state index in [9.17, 15) is 8.42 Å². The third kappa shape index (κ3) is 3.96. The minimum absolute atomic E-state index is 0.0817. The van der Waals surface area contributed by atoms with E-state index in [0.29, 0.717) is 6.54 Å². The molecule has 0 radical (unpaired) electrons. The highest BCUT2D eigenvalue weighted by molar-refractivity contribution is 7.89. The number of hydrogen-bond acceptors (Lipinski definition) is 4. The van der Waals surface area contributed by atoms with Gasteiger partial charge in [0.05, 0.1) is 22.0 Å². The van der Waals surface area contributed by atoms with Crippen LogP contribution in [0.25, 0.3) is 16.9 Å². The summed E-state index contributed by atoms with van der Waals surface area (Å²) in [5.41, 5.74) is 3.69. The average Bonchev–Trinajstić information content (AvgIpc) is 2.98. The lowest BCUT2D eigenvalue weighted by atomic mass is 10.1. The monoisotopic (exact) mass is 356 g/mol. The molecule has 25 heavy (non-hydrogen) atoms. The van der Waals surface area contributed by atoms with Crippen molar-refractivity contribution >= 4 is 10.0 Å². The maximum atomic E-state index is 11.4. The molecule has 0 saturated carbocycles. The van der Waals surface area contributed by atoms with Crippen LogP contribution in [0.4, 0.5) is 0 Å². The number of rotatable bonds is 5. The first kappa shape index (κ1) is 17.3. The lowest BCUT2D eigenvalue weighted by Crippen LogP contribution is -2.12. The molecule has 0 fully saturated rings. The molecule has 0 aliphatic heterocycles. The first-order valence-electron chi connectivity index (χ1n) is 7.77. The van der Waals surface area contributed by atoms with Crippen LogP contribution in [-0.2, 0) is 16.6 Å². The quantitative estimate of drug-likeness (QED) is 0.760. The van der Waals surface area contributed by atoms with Crippen molar-refractivity contribution in [3.8, 4) is 16.9 Å². The fraction of sp³-hybridized carbons (Fsp3) is 0.167. The van der Waals surface area contributed by atoms with Crippen LogP contribution in [-0.4, -0.2) is 37.2 Å². The van der Waals surface area contributed by atoms with Crippen LogP contribution in [0.3, 0.4) is 0 Å². The van der Waals surface area contributed by atoms with E-state index in [-0.39, 0.29) is 4.90 Å². The molecule has 0 aliphatic rings. The zero-order chi connectivity index (χ0) is 18.0. The topological polar surface area (TPSA) is 81.2 Å². The smallest absolute Gasteiger partial charge is 0.238 e. The molecule has 7 heteroatoms. The fourth-order valence-electron chi connectivity index (χ4n) is 2.62. The Balaban J connectivity index is 2.09. The highest BCUT2D eigenvalue weighted by atomic mass is 32.2. The lowest BCUT2D eigenvalue weighted by Gasteiger charge is -2.08. The second-order valence-electron chi connectivity index (χ2n) is 6.08. The summed E-state index contributed by atoms with van der Waals surface area (Å²) in [6, 6.07) is 18.4. The molecule has 0 aliphatic carbocycles. The predicted octanol–water partition coefficient (Wildman–Crippen LogP) is 2.25. The van der Waals surface area contributed by atoms with E-state index >= 15 is 0 Å². The van der Waals surface area contributed by atoms with Crippen molar-refractivity contribution in [2.75, 3.05) is 14.1 Å². The maximum absolute atomic E-state index is 11.4. The van der Waals surface area contributed by atoms with Gasteiger partial charge >= 0.3 is 0 Å². The SMILES string of the molecule is CN(C)Cc1cc(-c2ccccc2)n(-c2ccc(S(N)(=O)=O)cc2)n1. The average molecular weight is 356 g/mol. The number of primary sulfonamides is 1. The van der Waals surface area contributed by atoms with Gasteiger partial charge in [0, 0.05) is 12.1 Å². The van der Waals surface area contributed by atoms with E-state index in [1.807, 2.05) is 60.1 Å². The van der Waals surface area contributed by atoms with Gasteiger partial charge in [0.25, 0.3) is 0 Å². The molecule has 0 saturated heterocycles. The molecule has 130 valence electrons. The molecule has 0 spiro atoms. The van der Waals surface area contributed by atoms with Crippen LogP contribution in [0.1, 0.15) is 5.69 Å². The van der Waals surface area contributed by atoms with Crippen LogP contribution < -0.4 is 5.14 Å². The van der Waals surface area contributed by atoms with Crippen LogP contribution in [0.2, 0.25) is 0 Å². The van der Waals surface area contributed by atoms with E-state index in [2.05, 4.69) is 5.10 Å². The Morgan fingerprint density at radius 1 is 1.04 bits per heavy atom. The van der Waals surface area contributed by atoms with Crippen molar-refractivity contribution in [2.45, 2.75) is 11.4 Å². The molecule has 3 rings (SSSR count). The Kier molecular flexibility index (Phi) is 4.71. The summed E-state index contributed by atoms with van der Waals surface area (Å²) < 4.78 is 24.7. The highest BCUT2D eigenvalue weighted by Gasteiger charge is 2.13. The van der Waals surface area contributed by atoms with Crippen molar-refractivity contribution in [3.63, 3.8) is 0 Å². The summed E-state index contributed by atoms with van der Waals surface area (Å²) in [6.07, 6.45) is 0. The third-order valence-corrected chi connectivity index (χ3v) is 4.65. The molecule has 1 aromatic heterocycles. The maximum Gasteiger partial charge on any atom is 0.238 e. The van der Waals surface area contributed by atoms with Gasteiger partial charge in [0.2, 0.25) is 10.0 Å². The largest absolute Gasteiger partial charge is 0.304 e. The third-order valence-electron chi connectivity index (χ3n) is 3.72. The van der Waals surface area contributed by atoms with Gasteiger partial charge in [-0.15, -0.1) is 0 Å². The predicted molar refractivity (Wildman–Crippen MR) is 97.8 cm³/mol. The number of benzene rings is 2. The number of nitrogens with two attached hydrogens (primary N) is 1. The van der Waals surface area contributed by atoms with Crippen molar-refractivity contribution in [1.29, 1.82) is 0 Å². The minimum atomic E-state index is -3.71. The van der Waals surface area contributed by atoms with Gasteiger partial charge in [-0.05, 0) is 44.4 Å². The molecule has 1 heterocycles. The number of nitrogens with zero attached hydrogens (tertiary/aromatic N) is 3. The number of hydrogen-bond donors (Lipinski definition) is 1. The number of aromatic nitrogens is 2. The summed E-state index contributed by atoms with van der Waals surface area (Å²) >= 11 is 0. The molecule has 0 atom stereocenters. The normalized spacial score (nSPS) is 11.8. The van der Waals surface area contributed by atoms with E-state index in [1.165, 1.54) is 12.1 Å². The zero-order valence-corrected chi connectivity index (χ0v) is 14.9. The van der Waals surface area contributed by atoms with Crippen molar-refractivity contribution < 1.29 is 8.42 Å². The summed E-state index contributed by atoms with van der Waals surface area (Å²) in [6.45, 7) is 0.710. The standard InChI is InChI=1S/C18H20N4O2S/c1-21(2)13-15-12-18(14-6-4-3-5-7-14)22(20-15)16-8-10-17(11-9-16)25(19,23)24/h3-12H,13H2,1-2H3,(H2,19,23,24). The van der Waals surface area contributed by atoms with E-state index in [4.69, 9.17) is 5.14 Å². The van der Waals surface area contributed by atoms with Gasteiger partial charge in [0.1, 0.15) is 0 Å². The molecule has 2 aromatic carbocycles. The Hall–Kier alpha value is -2.48. The van der Waals surface area contributed by atoms with E-state index < -0.39 is 10.0 Å². The Morgan fingerprint density at radius 2 is 1.68 bits per heavy atom. The summed E-state index contributed by atoms with van der Waals surface area (Å²) in [4.78, 5) is 2.13. The van der Waals surface area contributed by atoms with Gasteiger partial charge in [-0.2, -0.15) is 5.10 Å². The van der Waals surface area contributed by atoms with Crippen LogP contribution >= 0.6 is 0 Å². The van der Waals surface area contributed by atoms with Gasteiger partial charge < -0.3 is 4.90 Å². The molecule has 2 N–H and O–H groups in total. The van der Waals surface area contributed by atoms with Gasteiger partial charge in [-0.3, -0.25) is 0 Å². The van der Waals surface area contributed by atoms with E-state index in [0.717, 1.165) is 22.6 Å². The van der Waals surface area contributed by atoms with Gasteiger partial charge in [-0.1, -0.05) is 30.3 Å². The molecule has 6 nitrogen and oxygen atoms in total. The van der Waals surface area contributed by atoms with Crippen molar-refractivity contribution in [1.82, 2.24) is 14.7 Å². The minimum Gasteiger partial charge on any atom is -0.304 e. The van der Waals surface area contributed by atoms with Crippen LogP contribution in [0.15, 0.2) is 65.6 Å². The Labute approximate surface area is 147 Å². The summed E-state index contributed by atoms with van der Waals surface area (Å²) in [5, 5.41) is 9.85. The molecule has 0 bridgehead atoms. The zero-order valence-electron chi connectivity index (χ0n) is 14.1. The van der Waals surface area contributed by atoms with Crippen molar-refractivity contribution in [2.24, 2.45) is 5.14 Å². The fourth-order valence-corrected chi connectivity index (χ4v) is 3.14. The first-order chi connectivity index (χ1) is 11.8.